The molecule has 1 aromatic heterocycles. The van der Waals surface area contributed by atoms with Crippen LogP contribution in [0.3, 0.4) is 0 Å². The van der Waals surface area contributed by atoms with E-state index in [9.17, 15) is 4.79 Å². The lowest BCUT2D eigenvalue weighted by atomic mass is 10.1. The van der Waals surface area contributed by atoms with E-state index in [1.54, 1.807) is 6.20 Å². The molecule has 3 N–H and O–H groups in total. The molecule has 0 fully saturated rings. The maximum atomic E-state index is 11.7. The van der Waals surface area contributed by atoms with Crippen LogP contribution >= 0.6 is 0 Å². The Morgan fingerprint density at radius 3 is 2.78 bits per heavy atom. The van der Waals surface area contributed by atoms with Gasteiger partial charge in [0.15, 0.2) is 0 Å². The number of hydrogen-bond acceptors (Lipinski definition) is 4. The molecule has 1 aromatic rings. The number of aryl methyl sites for hydroxylation is 1. The van der Waals surface area contributed by atoms with Crippen LogP contribution in [0.2, 0.25) is 0 Å². The Balaban J connectivity index is 2.81. The Kier molecular flexibility index (Phi) is 5.09. The molecule has 1 rings (SSSR count). The van der Waals surface area contributed by atoms with Crippen molar-refractivity contribution < 1.29 is 4.79 Å². The van der Waals surface area contributed by atoms with Crippen molar-refractivity contribution in [2.24, 2.45) is 5.73 Å². The number of carbonyl (C=O) groups is 1. The molecule has 0 saturated heterocycles. The molecule has 0 aliphatic rings. The number of pyridine rings is 1. The van der Waals surface area contributed by atoms with Crippen LogP contribution in [0, 0.1) is 6.92 Å². The Bertz CT molecular complexity index is 417. The molecule has 0 aliphatic heterocycles. The molecule has 5 heteroatoms. The molecule has 0 unspecified atom stereocenters. The fourth-order valence-corrected chi connectivity index (χ4v) is 1.81. The first kappa shape index (κ1) is 14.4. The Hall–Kier alpha value is -1.62. The summed E-state index contributed by atoms with van der Waals surface area (Å²) in [4.78, 5) is 17.8. The minimum Gasteiger partial charge on any atom is -0.352 e. The summed E-state index contributed by atoms with van der Waals surface area (Å²) >= 11 is 0. The van der Waals surface area contributed by atoms with Gasteiger partial charge in [-0.3, -0.25) is 4.79 Å². The van der Waals surface area contributed by atoms with Crippen LogP contribution in [0.25, 0.3) is 0 Å². The third-order valence-electron chi connectivity index (χ3n) is 2.66. The van der Waals surface area contributed by atoms with Crippen molar-refractivity contribution in [2.75, 3.05) is 18.5 Å². The number of rotatable bonds is 5. The molecule has 0 aliphatic carbocycles. The van der Waals surface area contributed by atoms with Gasteiger partial charge >= 0.3 is 0 Å². The standard InChI is InChI=1S/C13H22N4O/c1-9(2)16-12(18)8-17(4)13-11(7-14)10(3)5-6-15-13/h5-6,9H,7-8,14H2,1-4H3,(H,16,18). The number of aromatic nitrogens is 1. The second kappa shape index (κ2) is 6.35. The van der Waals surface area contributed by atoms with E-state index in [2.05, 4.69) is 10.3 Å². The monoisotopic (exact) mass is 250 g/mol. The number of hydrogen-bond donors (Lipinski definition) is 2. The second-order valence-electron chi connectivity index (χ2n) is 4.71. The first-order valence-corrected chi connectivity index (χ1v) is 6.10. The highest BCUT2D eigenvalue weighted by Gasteiger charge is 2.13. The summed E-state index contributed by atoms with van der Waals surface area (Å²) in [5, 5.41) is 2.86. The molecule has 1 heterocycles. The van der Waals surface area contributed by atoms with Crippen LogP contribution in [0.5, 0.6) is 0 Å². The first-order valence-electron chi connectivity index (χ1n) is 6.10. The number of carbonyl (C=O) groups excluding carboxylic acids is 1. The smallest absolute Gasteiger partial charge is 0.239 e. The maximum Gasteiger partial charge on any atom is 0.239 e. The van der Waals surface area contributed by atoms with Crippen molar-refractivity contribution in [1.82, 2.24) is 10.3 Å². The highest BCUT2D eigenvalue weighted by molar-refractivity contribution is 5.81. The minimum atomic E-state index is -0.0150. The SMILES string of the molecule is Cc1ccnc(N(C)CC(=O)NC(C)C)c1CN. The predicted octanol–water partition coefficient (Wildman–Crippen LogP) is 0.810. The molecule has 0 bridgehead atoms. The van der Waals surface area contributed by atoms with E-state index >= 15 is 0 Å². The van der Waals surface area contributed by atoms with Crippen LogP contribution in [0.15, 0.2) is 12.3 Å². The van der Waals surface area contributed by atoms with Crippen molar-refractivity contribution >= 4 is 11.7 Å². The van der Waals surface area contributed by atoms with Crippen molar-refractivity contribution in [1.29, 1.82) is 0 Å². The summed E-state index contributed by atoms with van der Waals surface area (Å²) in [6.07, 6.45) is 1.74. The van der Waals surface area contributed by atoms with Gasteiger partial charge in [0.1, 0.15) is 5.82 Å². The van der Waals surface area contributed by atoms with Gasteiger partial charge in [-0.05, 0) is 32.4 Å². The Morgan fingerprint density at radius 1 is 1.56 bits per heavy atom. The van der Waals surface area contributed by atoms with Crippen LogP contribution in [0.4, 0.5) is 5.82 Å². The molecule has 0 aromatic carbocycles. The van der Waals surface area contributed by atoms with Crippen molar-refractivity contribution in [2.45, 2.75) is 33.4 Å². The van der Waals surface area contributed by atoms with Gasteiger partial charge in [-0.25, -0.2) is 4.98 Å². The summed E-state index contributed by atoms with van der Waals surface area (Å²) < 4.78 is 0. The maximum absolute atomic E-state index is 11.7. The number of nitrogens with two attached hydrogens (primary N) is 1. The van der Waals surface area contributed by atoms with Crippen LogP contribution in [-0.4, -0.2) is 30.5 Å². The lowest BCUT2D eigenvalue weighted by molar-refractivity contribution is -0.120. The van der Waals surface area contributed by atoms with Crippen molar-refractivity contribution in [3.05, 3.63) is 23.4 Å². The fourth-order valence-electron chi connectivity index (χ4n) is 1.81. The van der Waals surface area contributed by atoms with Crippen molar-refractivity contribution in [3.8, 4) is 0 Å². The third kappa shape index (κ3) is 3.70. The number of anilines is 1. The molecule has 5 nitrogen and oxygen atoms in total. The third-order valence-corrected chi connectivity index (χ3v) is 2.66. The summed E-state index contributed by atoms with van der Waals surface area (Å²) in [5.74, 6) is 0.759. The van der Waals surface area contributed by atoms with Crippen LogP contribution in [0.1, 0.15) is 25.0 Å². The molecule has 100 valence electrons. The van der Waals surface area contributed by atoms with Gasteiger partial charge in [0.2, 0.25) is 5.91 Å². The molecule has 0 atom stereocenters. The van der Waals surface area contributed by atoms with E-state index in [0.29, 0.717) is 6.54 Å². The van der Waals surface area contributed by atoms with Gasteiger partial charge in [0.05, 0.1) is 6.54 Å². The van der Waals surface area contributed by atoms with Gasteiger partial charge in [0.25, 0.3) is 0 Å². The van der Waals surface area contributed by atoms with Gasteiger partial charge in [-0.2, -0.15) is 0 Å². The molecule has 0 radical (unpaired) electrons. The first-order chi connectivity index (χ1) is 8.45. The largest absolute Gasteiger partial charge is 0.352 e. The zero-order valence-corrected chi connectivity index (χ0v) is 11.5. The molecular formula is C13H22N4O. The van der Waals surface area contributed by atoms with Crippen molar-refractivity contribution in [3.63, 3.8) is 0 Å². The molecular weight excluding hydrogens is 228 g/mol. The molecule has 0 saturated carbocycles. The number of likely N-dealkylation sites (N-methyl/N-ethyl adjacent to an activating group) is 1. The van der Waals surface area contributed by atoms with E-state index in [-0.39, 0.29) is 18.5 Å². The lowest BCUT2D eigenvalue weighted by Gasteiger charge is -2.22. The Labute approximate surface area is 108 Å². The normalized spacial score (nSPS) is 10.6. The quantitative estimate of drug-likeness (QED) is 0.811. The number of nitrogens with zero attached hydrogens (tertiary/aromatic N) is 2. The topological polar surface area (TPSA) is 71.2 Å². The van der Waals surface area contributed by atoms with E-state index < -0.39 is 0 Å². The zero-order valence-electron chi connectivity index (χ0n) is 11.5. The number of amides is 1. The predicted molar refractivity (Wildman–Crippen MR) is 73.4 cm³/mol. The van der Waals surface area contributed by atoms with Crippen LogP contribution < -0.4 is 16.0 Å². The van der Waals surface area contributed by atoms with Gasteiger partial charge in [-0.15, -0.1) is 0 Å². The van der Waals surface area contributed by atoms with Gasteiger partial charge < -0.3 is 16.0 Å². The van der Waals surface area contributed by atoms with Gasteiger partial charge in [0, 0.05) is 31.4 Å². The molecule has 18 heavy (non-hydrogen) atoms. The van der Waals surface area contributed by atoms with Gasteiger partial charge in [-0.1, -0.05) is 0 Å². The molecule has 0 spiro atoms. The van der Waals surface area contributed by atoms with E-state index in [1.807, 2.05) is 38.8 Å². The lowest BCUT2D eigenvalue weighted by Crippen LogP contribution is -2.39. The zero-order chi connectivity index (χ0) is 13.7. The highest BCUT2D eigenvalue weighted by Crippen LogP contribution is 2.18. The summed E-state index contributed by atoms with van der Waals surface area (Å²) in [7, 11) is 1.85. The second-order valence-corrected chi connectivity index (χ2v) is 4.71. The summed E-state index contributed by atoms with van der Waals surface area (Å²) in [6.45, 7) is 6.57. The van der Waals surface area contributed by atoms with E-state index in [0.717, 1.165) is 16.9 Å². The molecule has 1 amide bonds. The number of nitrogens with one attached hydrogen (secondary N) is 1. The van der Waals surface area contributed by atoms with E-state index in [1.165, 1.54) is 0 Å². The van der Waals surface area contributed by atoms with E-state index in [4.69, 9.17) is 5.73 Å². The van der Waals surface area contributed by atoms with Crippen LogP contribution in [-0.2, 0) is 11.3 Å². The average molecular weight is 250 g/mol. The highest BCUT2D eigenvalue weighted by atomic mass is 16.2. The minimum absolute atomic E-state index is 0.0150. The fraction of sp³-hybridized carbons (Fsp3) is 0.538. The summed E-state index contributed by atoms with van der Waals surface area (Å²) in [5.41, 5.74) is 7.81. The summed E-state index contributed by atoms with van der Waals surface area (Å²) in [6, 6.07) is 2.07. The average Bonchev–Trinajstić information content (AvgIpc) is 2.27. The Morgan fingerprint density at radius 2 is 2.22 bits per heavy atom.